The Bertz CT molecular complexity index is 345. The van der Waals surface area contributed by atoms with Crippen LogP contribution in [0.4, 0.5) is 0 Å². The number of nitrogens with two attached hydrogens (primary N) is 1. The quantitative estimate of drug-likeness (QED) is 0.604. The van der Waals surface area contributed by atoms with Crippen LogP contribution in [-0.4, -0.2) is 11.4 Å². The van der Waals surface area contributed by atoms with Gasteiger partial charge < -0.3 is 10.5 Å². The maximum atomic E-state index is 7.38. The topological polar surface area (TPSA) is 59.1 Å². The van der Waals surface area contributed by atoms with Crippen molar-refractivity contribution in [3.8, 4) is 5.75 Å². The largest absolute Gasteiger partial charge is 0.487 e. The van der Waals surface area contributed by atoms with Crippen molar-refractivity contribution in [2.24, 2.45) is 5.73 Å². The van der Waals surface area contributed by atoms with E-state index in [4.69, 9.17) is 15.9 Å². The molecule has 0 aliphatic carbocycles. The fourth-order valence-corrected chi connectivity index (χ4v) is 1.11. The molecule has 0 amide bonds. The van der Waals surface area contributed by atoms with Gasteiger partial charge in [0.15, 0.2) is 0 Å². The molecule has 0 saturated heterocycles. The van der Waals surface area contributed by atoms with Crippen molar-refractivity contribution in [1.82, 2.24) is 0 Å². The van der Waals surface area contributed by atoms with Gasteiger partial charge in [-0.1, -0.05) is 12.1 Å². The van der Waals surface area contributed by atoms with Crippen LogP contribution in [-0.2, 0) is 0 Å². The smallest absolute Gasteiger partial charge is 0.131 e. The molecule has 1 aromatic rings. The number of rotatable bonds is 2. The summed E-state index contributed by atoms with van der Waals surface area (Å²) >= 11 is 0. The van der Waals surface area contributed by atoms with Crippen molar-refractivity contribution >= 4 is 18.2 Å². The summed E-state index contributed by atoms with van der Waals surface area (Å²) in [6, 6.07) is 7.31. The summed E-state index contributed by atoms with van der Waals surface area (Å²) in [5, 5.41) is 7.38. The molecular formula is C11H17ClN2O. The summed E-state index contributed by atoms with van der Waals surface area (Å²) in [6.07, 6.45) is 0. The number of hydrogen-bond donors (Lipinski definition) is 2. The number of halogens is 1. The van der Waals surface area contributed by atoms with Gasteiger partial charge in [0.05, 0.1) is 5.56 Å². The van der Waals surface area contributed by atoms with Crippen LogP contribution in [0.2, 0.25) is 0 Å². The first-order chi connectivity index (χ1) is 6.40. The van der Waals surface area contributed by atoms with Crippen LogP contribution in [0.15, 0.2) is 24.3 Å². The zero-order chi connectivity index (χ0) is 10.8. The lowest BCUT2D eigenvalue weighted by Crippen LogP contribution is -2.25. The highest BCUT2D eigenvalue weighted by Crippen LogP contribution is 2.22. The molecule has 0 bridgehead atoms. The molecule has 0 aromatic heterocycles. The molecule has 15 heavy (non-hydrogen) atoms. The molecule has 0 atom stereocenters. The van der Waals surface area contributed by atoms with Gasteiger partial charge in [-0.3, -0.25) is 5.41 Å². The molecule has 0 aliphatic rings. The lowest BCUT2D eigenvalue weighted by atomic mass is 10.1. The number of hydrogen-bond acceptors (Lipinski definition) is 2. The highest BCUT2D eigenvalue weighted by atomic mass is 35.5. The molecule has 0 heterocycles. The standard InChI is InChI=1S/C11H16N2O.ClH/c1-11(2,3)14-9-7-5-4-6-8(9)10(12)13;/h4-7H,1-3H3,(H3,12,13);1H. The van der Waals surface area contributed by atoms with E-state index in [1.165, 1.54) is 0 Å². The van der Waals surface area contributed by atoms with Gasteiger partial charge >= 0.3 is 0 Å². The fourth-order valence-electron chi connectivity index (χ4n) is 1.11. The first-order valence-corrected chi connectivity index (χ1v) is 4.52. The summed E-state index contributed by atoms with van der Waals surface area (Å²) in [5.41, 5.74) is 5.81. The minimum absolute atomic E-state index is 0. The Hall–Kier alpha value is -1.22. The second-order valence-corrected chi connectivity index (χ2v) is 4.12. The number of para-hydroxylation sites is 1. The molecule has 0 radical (unpaired) electrons. The molecule has 0 fully saturated rings. The zero-order valence-electron chi connectivity index (χ0n) is 9.20. The van der Waals surface area contributed by atoms with E-state index in [0.29, 0.717) is 11.3 Å². The Morgan fingerprint density at radius 3 is 2.27 bits per heavy atom. The molecule has 3 nitrogen and oxygen atoms in total. The number of nitrogen functional groups attached to an aromatic ring is 1. The Kier molecular flexibility index (Phi) is 4.62. The zero-order valence-corrected chi connectivity index (χ0v) is 10.0. The summed E-state index contributed by atoms with van der Waals surface area (Å²) in [6.45, 7) is 5.89. The molecule has 0 spiro atoms. The van der Waals surface area contributed by atoms with Gasteiger partial charge in [0, 0.05) is 0 Å². The first kappa shape index (κ1) is 13.8. The summed E-state index contributed by atoms with van der Waals surface area (Å²) in [4.78, 5) is 0. The lowest BCUT2D eigenvalue weighted by molar-refractivity contribution is 0.130. The normalized spacial score (nSPS) is 10.3. The molecule has 84 valence electrons. The van der Waals surface area contributed by atoms with Gasteiger partial charge in [0.1, 0.15) is 17.2 Å². The Balaban J connectivity index is 0.00000196. The minimum atomic E-state index is -0.272. The van der Waals surface area contributed by atoms with E-state index in [1.54, 1.807) is 6.07 Å². The molecule has 4 heteroatoms. The molecule has 1 rings (SSSR count). The molecule has 3 N–H and O–H groups in total. The van der Waals surface area contributed by atoms with E-state index in [1.807, 2.05) is 39.0 Å². The van der Waals surface area contributed by atoms with E-state index in [9.17, 15) is 0 Å². The fraction of sp³-hybridized carbons (Fsp3) is 0.364. The highest BCUT2D eigenvalue weighted by molar-refractivity contribution is 5.97. The van der Waals surface area contributed by atoms with Crippen LogP contribution in [0.5, 0.6) is 5.75 Å². The maximum Gasteiger partial charge on any atom is 0.131 e. The van der Waals surface area contributed by atoms with E-state index in [0.717, 1.165) is 0 Å². The Morgan fingerprint density at radius 1 is 1.27 bits per heavy atom. The van der Waals surface area contributed by atoms with Crippen molar-refractivity contribution < 1.29 is 4.74 Å². The second-order valence-electron chi connectivity index (χ2n) is 4.12. The highest BCUT2D eigenvalue weighted by Gasteiger charge is 2.14. The van der Waals surface area contributed by atoms with Crippen LogP contribution < -0.4 is 10.5 Å². The van der Waals surface area contributed by atoms with Crippen LogP contribution in [0, 0.1) is 5.41 Å². The molecule has 0 aliphatic heterocycles. The third-order valence-electron chi connectivity index (χ3n) is 1.59. The monoisotopic (exact) mass is 228 g/mol. The lowest BCUT2D eigenvalue weighted by Gasteiger charge is -2.22. The average molecular weight is 229 g/mol. The van der Waals surface area contributed by atoms with Crippen molar-refractivity contribution in [2.45, 2.75) is 26.4 Å². The van der Waals surface area contributed by atoms with Gasteiger partial charge in [0.25, 0.3) is 0 Å². The predicted molar refractivity (Wildman–Crippen MR) is 65.1 cm³/mol. The van der Waals surface area contributed by atoms with E-state index >= 15 is 0 Å². The van der Waals surface area contributed by atoms with Gasteiger partial charge in [-0.25, -0.2) is 0 Å². The van der Waals surface area contributed by atoms with Gasteiger partial charge in [-0.05, 0) is 32.9 Å². The predicted octanol–water partition coefficient (Wildman–Crippen LogP) is 2.57. The first-order valence-electron chi connectivity index (χ1n) is 4.52. The van der Waals surface area contributed by atoms with Crippen LogP contribution >= 0.6 is 12.4 Å². The van der Waals surface area contributed by atoms with E-state index < -0.39 is 0 Å². The van der Waals surface area contributed by atoms with E-state index in [2.05, 4.69) is 0 Å². The van der Waals surface area contributed by atoms with Crippen LogP contribution in [0.3, 0.4) is 0 Å². The summed E-state index contributed by atoms with van der Waals surface area (Å²) < 4.78 is 5.67. The van der Waals surface area contributed by atoms with Gasteiger partial charge in [-0.15, -0.1) is 12.4 Å². The molecule has 1 aromatic carbocycles. The average Bonchev–Trinajstić information content (AvgIpc) is 2.01. The van der Waals surface area contributed by atoms with Gasteiger partial charge in [0.2, 0.25) is 0 Å². The molecule has 0 unspecified atom stereocenters. The van der Waals surface area contributed by atoms with Crippen LogP contribution in [0.25, 0.3) is 0 Å². The third kappa shape index (κ3) is 4.21. The molecular weight excluding hydrogens is 212 g/mol. The number of amidine groups is 1. The van der Waals surface area contributed by atoms with E-state index in [-0.39, 0.29) is 23.8 Å². The van der Waals surface area contributed by atoms with Crippen LogP contribution in [0.1, 0.15) is 26.3 Å². The summed E-state index contributed by atoms with van der Waals surface area (Å²) in [7, 11) is 0. The maximum absolute atomic E-state index is 7.38. The third-order valence-corrected chi connectivity index (χ3v) is 1.59. The Morgan fingerprint density at radius 2 is 1.80 bits per heavy atom. The number of benzene rings is 1. The number of ether oxygens (including phenoxy) is 1. The summed E-state index contributed by atoms with van der Waals surface area (Å²) in [5.74, 6) is 0.692. The SMILES string of the molecule is CC(C)(C)Oc1ccccc1C(=N)N.Cl. The molecule has 0 saturated carbocycles. The van der Waals surface area contributed by atoms with Crippen molar-refractivity contribution in [2.75, 3.05) is 0 Å². The second kappa shape index (κ2) is 5.03. The number of nitrogens with one attached hydrogen (secondary N) is 1. The van der Waals surface area contributed by atoms with Crippen molar-refractivity contribution in [3.63, 3.8) is 0 Å². The minimum Gasteiger partial charge on any atom is -0.487 e. The van der Waals surface area contributed by atoms with Crippen molar-refractivity contribution in [1.29, 1.82) is 5.41 Å². The van der Waals surface area contributed by atoms with Crippen molar-refractivity contribution in [3.05, 3.63) is 29.8 Å². The Labute approximate surface area is 96.5 Å². The van der Waals surface area contributed by atoms with Gasteiger partial charge in [-0.2, -0.15) is 0 Å².